The molecular formula is C27H30Cl2N4O3S. The molecule has 1 aliphatic heterocycles. The second-order valence-corrected chi connectivity index (χ2v) is 10.6. The molecule has 2 N–H and O–H groups in total. The number of amides is 1. The summed E-state index contributed by atoms with van der Waals surface area (Å²) in [6.07, 6.45) is 6.33. The smallest absolute Gasteiger partial charge is 0.230 e. The second kappa shape index (κ2) is 13.3. The van der Waals surface area contributed by atoms with E-state index in [9.17, 15) is 4.79 Å². The van der Waals surface area contributed by atoms with Crippen LogP contribution in [-0.4, -0.2) is 55.0 Å². The van der Waals surface area contributed by atoms with E-state index in [2.05, 4.69) is 20.6 Å². The summed E-state index contributed by atoms with van der Waals surface area (Å²) in [5, 5.41) is 8.28. The van der Waals surface area contributed by atoms with Gasteiger partial charge in [-0.05, 0) is 73.7 Å². The number of ether oxygens (including phenoxy) is 2. The van der Waals surface area contributed by atoms with E-state index in [4.69, 9.17) is 32.7 Å². The molecule has 3 aromatic rings. The third-order valence-electron chi connectivity index (χ3n) is 6.37. The molecule has 10 heteroatoms. The van der Waals surface area contributed by atoms with Crippen molar-refractivity contribution in [3.8, 4) is 22.6 Å². The summed E-state index contributed by atoms with van der Waals surface area (Å²) in [5.41, 5.74) is 2.81. The van der Waals surface area contributed by atoms with Crippen molar-refractivity contribution in [3.63, 3.8) is 0 Å². The average molecular weight is 562 g/mol. The molecule has 0 aliphatic carbocycles. The van der Waals surface area contributed by atoms with Crippen LogP contribution in [0.1, 0.15) is 18.4 Å². The molecule has 1 aromatic heterocycles. The Morgan fingerprint density at radius 1 is 1.08 bits per heavy atom. The van der Waals surface area contributed by atoms with Crippen molar-refractivity contribution < 1.29 is 14.3 Å². The van der Waals surface area contributed by atoms with Crippen LogP contribution >= 0.6 is 35.0 Å². The highest BCUT2D eigenvalue weighted by atomic mass is 35.5. The molecule has 2 aromatic carbocycles. The minimum absolute atomic E-state index is 0.00788. The summed E-state index contributed by atoms with van der Waals surface area (Å²) >= 11 is 13.6. The first kappa shape index (κ1) is 27.5. The Bertz CT molecular complexity index is 1210. The molecule has 196 valence electrons. The molecule has 2 unspecified atom stereocenters. The van der Waals surface area contributed by atoms with Gasteiger partial charge in [-0.15, -0.1) is 0 Å². The second-order valence-electron chi connectivity index (χ2n) is 8.85. The lowest BCUT2D eigenvalue weighted by Crippen LogP contribution is -2.48. The van der Waals surface area contributed by atoms with Crippen LogP contribution in [0.4, 0.5) is 0 Å². The maximum atomic E-state index is 12.9. The standard InChI is InChI=1S/C27H30Cl2N4O3S/c1-35-24-8-6-18(12-25(24)36-2)20-14-31-27(32-15-20)37-16-26(34)33-23(19-4-3-9-30-13-19)11-17-5-7-21(28)22(29)10-17/h5-8,10,12,14-15,19,23,30H,3-4,9,11,13,16H2,1-2H3,(H,33,34). The lowest BCUT2D eigenvalue weighted by Gasteiger charge is -2.31. The van der Waals surface area contributed by atoms with E-state index in [1.54, 1.807) is 32.7 Å². The van der Waals surface area contributed by atoms with Crippen LogP contribution in [0, 0.1) is 5.92 Å². The molecule has 1 fully saturated rings. The molecule has 2 atom stereocenters. The van der Waals surface area contributed by atoms with E-state index >= 15 is 0 Å². The van der Waals surface area contributed by atoms with Crippen LogP contribution in [0.2, 0.25) is 10.0 Å². The number of carbonyl (C=O) groups excluding carboxylic acids is 1. The Kier molecular flexibility index (Phi) is 9.91. The minimum Gasteiger partial charge on any atom is -0.493 e. The number of methoxy groups -OCH3 is 2. The molecule has 1 saturated heterocycles. The fraction of sp³-hybridized carbons (Fsp3) is 0.370. The number of piperidine rings is 1. The van der Waals surface area contributed by atoms with E-state index in [1.165, 1.54) is 11.8 Å². The van der Waals surface area contributed by atoms with Gasteiger partial charge in [-0.2, -0.15) is 0 Å². The van der Waals surface area contributed by atoms with Gasteiger partial charge in [-0.25, -0.2) is 9.97 Å². The number of rotatable bonds is 10. The number of carbonyl (C=O) groups is 1. The lowest BCUT2D eigenvalue weighted by atomic mass is 9.87. The first-order chi connectivity index (χ1) is 18.0. The molecule has 1 amide bonds. The topological polar surface area (TPSA) is 85.4 Å². The number of nitrogens with zero attached hydrogens (tertiary/aromatic N) is 2. The minimum atomic E-state index is -0.0480. The lowest BCUT2D eigenvalue weighted by molar-refractivity contribution is -0.119. The highest BCUT2D eigenvalue weighted by molar-refractivity contribution is 7.99. The molecule has 2 heterocycles. The highest BCUT2D eigenvalue weighted by Crippen LogP contribution is 2.32. The Morgan fingerprint density at radius 2 is 1.86 bits per heavy atom. The van der Waals surface area contributed by atoms with Crippen molar-refractivity contribution in [1.82, 2.24) is 20.6 Å². The van der Waals surface area contributed by atoms with Gasteiger partial charge >= 0.3 is 0 Å². The number of aromatic nitrogens is 2. The van der Waals surface area contributed by atoms with Crippen molar-refractivity contribution in [2.45, 2.75) is 30.5 Å². The normalized spacial score (nSPS) is 16.2. The molecule has 0 saturated carbocycles. The van der Waals surface area contributed by atoms with E-state index in [0.29, 0.717) is 39.0 Å². The third kappa shape index (κ3) is 7.51. The molecular weight excluding hydrogens is 531 g/mol. The first-order valence-corrected chi connectivity index (χ1v) is 13.8. The van der Waals surface area contributed by atoms with E-state index in [1.807, 2.05) is 30.3 Å². The molecule has 7 nitrogen and oxygen atoms in total. The van der Waals surface area contributed by atoms with Crippen LogP contribution in [0.3, 0.4) is 0 Å². The van der Waals surface area contributed by atoms with Gasteiger partial charge in [0.15, 0.2) is 16.7 Å². The molecule has 0 spiro atoms. The Labute approximate surface area is 231 Å². The van der Waals surface area contributed by atoms with Gasteiger partial charge in [0.05, 0.1) is 30.0 Å². The van der Waals surface area contributed by atoms with Gasteiger partial charge < -0.3 is 20.1 Å². The number of thioether (sulfide) groups is 1. The number of benzene rings is 2. The Balaban J connectivity index is 1.37. The summed E-state index contributed by atoms with van der Waals surface area (Å²) in [4.78, 5) is 21.8. The zero-order chi connectivity index (χ0) is 26.2. The summed E-state index contributed by atoms with van der Waals surface area (Å²) < 4.78 is 10.7. The largest absolute Gasteiger partial charge is 0.493 e. The van der Waals surface area contributed by atoms with Gasteiger partial charge in [-0.1, -0.05) is 47.1 Å². The van der Waals surface area contributed by atoms with Gasteiger partial charge in [-0.3, -0.25) is 4.79 Å². The molecule has 0 radical (unpaired) electrons. The van der Waals surface area contributed by atoms with Crippen molar-refractivity contribution >= 4 is 40.9 Å². The Morgan fingerprint density at radius 3 is 2.54 bits per heavy atom. The quantitative estimate of drug-likeness (QED) is 0.257. The van der Waals surface area contributed by atoms with Gasteiger partial charge in [0.1, 0.15) is 0 Å². The maximum absolute atomic E-state index is 12.9. The van der Waals surface area contributed by atoms with Crippen molar-refractivity contribution in [2.75, 3.05) is 33.1 Å². The predicted molar refractivity (Wildman–Crippen MR) is 149 cm³/mol. The molecule has 0 bridgehead atoms. The van der Waals surface area contributed by atoms with Crippen molar-refractivity contribution in [3.05, 3.63) is 64.4 Å². The van der Waals surface area contributed by atoms with Crippen LogP contribution in [0.15, 0.2) is 53.9 Å². The van der Waals surface area contributed by atoms with E-state index < -0.39 is 0 Å². The monoisotopic (exact) mass is 560 g/mol. The van der Waals surface area contributed by atoms with Crippen LogP contribution < -0.4 is 20.1 Å². The van der Waals surface area contributed by atoms with Gasteiger partial charge in [0.25, 0.3) is 0 Å². The van der Waals surface area contributed by atoms with Crippen LogP contribution in [-0.2, 0) is 11.2 Å². The van der Waals surface area contributed by atoms with Crippen LogP contribution in [0.25, 0.3) is 11.1 Å². The molecule has 37 heavy (non-hydrogen) atoms. The number of hydrogen-bond acceptors (Lipinski definition) is 7. The fourth-order valence-electron chi connectivity index (χ4n) is 4.41. The van der Waals surface area contributed by atoms with Crippen LogP contribution in [0.5, 0.6) is 11.5 Å². The van der Waals surface area contributed by atoms with Crippen molar-refractivity contribution in [1.29, 1.82) is 0 Å². The SMILES string of the molecule is COc1ccc(-c2cnc(SCC(=O)NC(Cc3ccc(Cl)c(Cl)c3)C3CCCNC3)nc2)cc1OC. The predicted octanol–water partition coefficient (Wildman–Crippen LogP) is 5.29. The third-order valence-corrected chi connectivity index (χ3v) is 7.98. The molecule has 1 aliphatic rings. The highest BCUT2D eigenvalue weighted by Gasteiger charge is 2.25. The van der Waals surface area contributed by atoms with Gasteiger partial charge in [0, 0.05) is 24.0 Å². The van der Waals surface area contributed by atoms with Crippen molar-refractivity contribution in [2.24, 2.45) is 5.92 Å². The number of hydrogen-bond donors (Lipinski definition) is 2. The zero-order valence-electron chi connectivity index (χ0n) is 20.8. The molecule has 4 rings (SSSR count). The summed E-state index contributed by atoms with van der Waals surface area (Å²) in [7, 11) is 3.20. The van der Waals surface area contributed by atoms with E-state index in [0.717, 1.165) is 42.6 Å². The summed E-state index contributed by atoms with van der Waals surface area (Å²) in [5.74, 6) is 1.82. The average Bonchev–Trinajstić information content (AvgIpc) is 2.94. The number of nitrogens with one attached hydrogen (secondary N) is 2. The summed E-state index contributed by atoms with van der Waals surface area (Å²) in [6, 6.07) is 11.3. The van der Waals surface area contributed by atoms with E-state index in [-0.39, 0.29) is 17.7 Å². The first-order valence-electron chi connectivity index (χ1n) is 12.1. The number of halogens is 2. The Hall–Kier alpha value is -2.52. The summed E-state index contributed by atoms with van der Waals surface area (Å²) in [6.45, 7) is 1.89. The van der Waals surface area contributed by atoms with Gasteiger partial charge in [0.2, 0.25) is 5.91 Å². The fourth-order valence-corrected chi connectivity index (χ4v) is 5.33. The zero-order valence-corrected chi connectivity index (χ0v) is 23.1. The maximum Gasteiger partial charge on any atom is 0.230 e.